The molecule has 0 aliphatic carbocycles. The first-order chi connectivity index (χ1) is 15.4. The summed E-state index contributed by atoms with van der Waals surface area (Å²) in [6.45, 7) is 9.91. The summed E-state index contributed by atoms with van der Waals surface area (Å²) in [4.78, 5) is 47.6. The van der Waals surface area contributed by atoms with Crippen LogP contribution in [0.3, 0.4) is 0 Å². The number of amides is 1. The van der Waals surface area contributed by atoms with Crippen molar-refractivity contribution in [3.63, 3.8) is 0 Å². The van der Waals surface area contributed by atoms with E-state index in [-0.39, 0.29) is 22.7 Å². The number of thioether (sulfide) groups is 1. The predicted molar refractivity (Wildman–Crippen MR) is 129 cm³/mol. The molecule has 0 aliphatic rings. The van der Waals surface area contributed by atoms with Crippen LogP contribution in [-0.4, -0.2) is 30.8 Å². The van der Waals surface area contributed by atoms with Gasteiger partial charge in [0, 0.05) is 24.7 Å². The number of halogens is 1. The lowest BCUT2D eigenvalue weighted by Crippen LogP contribution is -2.39. The topological polar surface area (TPSA) is 98.9 Å². The Morgan fingerprint density at radius 2 is 1.91 bits per heavy atom. The van der Waals surface area contributed by atoms with Gasteiger partial charge in [-0.15, -0.1) is 0 Å². The molecule has 0 aliphatic heterocycles. The Hall–Kier alpha value is -3.01. The third-order valence-corrected chi connectivity index (χ3v) is 6.06. The highest BCUT2D eigenvalue weighted by Gasteiger charge is 2.24. The molecule has 10 heteroatoms. The van der Waals surface area contributed by atoms with Gasteiger partial charge in [-0.3, -0.25) is 18.7 Å². The van der Waals surface area contributed by atoms with E-state index in [0.717, 1.165) is 21.9 Å². The first-order valence-corrected chi connectivity index (χ1v) is 11.6. The van der Waals surface area contributed by atoms with E-state index < -0.39 is 22.5 Å². The number of benzene rings is 1. The van der Waals surface area contributed by atoms with Crippen LogP contribution in [0.25, 0.3) is 11.0 Å². The van der Waals surface area contributed by atoms with Gasteiger partial charge in [0.15, 0.2) is 5.65 Å². The van der Waals surface area contributed by atoms with Crippen molar-refractivity contribution in [2.75, 3.05) is 11.1 Å². The van der Waals surface area contributed by atoms with Crippen molar-refractivity contribution in [2.24, 2.45) is 7.05 Å². The van der Waals surface area contributed by atoms with Crippen LogP contribution in [0.15, 0.2) is 32.8 Å². The highest BCUT2D eigenvalue weighted by atomic mass is 32.2. The first kappa shape index (κ1) is 24.6. The van der Waals surface area contributed by atoms with E-state index in [0.29, 0.717) is 29.5 Å². The van der Waals surface area contributed by atoms with Crippen molar-refractivity contribution < 1.29 is 9.18 Å². The molecule has 33 heavy (non-hydrogen) atoms. The van der Waals surface area contributed by atoms with E-state index in [1.54, 1.807) is 13.0 Å². The molecule has 2 aromatic heterocycles. The van der Waals surface area contributed by atoms with Crippen LogP contribution in [0.5, 0.6) is 0 Å². The van der Waals surface area contributed by atoms with Crippen molar-refractivity contribution >= 4 is 34.4 Å². The molecule has 2 heterocycles. The number of carbonyl (C=O) groups is 1. The third-order valence-electron chi connectivity index (χ3n) is 5.08. The van der Waals surface area contributed by atoms with E-state index >= 15 is 0 Å². The maximum absolute atomic E-state index is 13.6. The largest absolute Gasteiger partial charge is 0.332 e. The van der Waals surface area contributed by atoms with Crippen molar-refractivity contribution in [3.05, 3.63) is 56.2 Å². The van der Waals surface area contributed by atoms with E-state index in [2.05, 4.69) is 15.3 Å². The van der Waals surface area contributed by atoms with Crippen molar-refractivity contribution in [2.45, 2.75) is 58.0 Å². The summed E-state index contributed by atoms with van der Waals surface area (Å²) in [6, 6.07) is 4.17. The fourth-order valence-corrected chi connectivity index (χ4v) is 4.07. The van der Waals surface area contributed by atoms with Gasteiger partial charge in [-0.05, 0) is 31.0 Å². The molecule has 1 aromatic carbocycles. The lowest BCUT2D eigenvalue weighted by molar-refractivity contribution is -0.113. The second-order valence-corrected chi connectivity index (χ2v) is 9.86. The fourth-order valence-electron chi connectivity index (χ4n) is 3.25. The van der Waals surface area contributed by atoms with Gasteiger partial charge in [0.05, 0.1) is 5.75 Å². The molecule has 0 unspecified atom stereocenters. The summed E-state index contributed by atoms with van der Waals surface area (Å²) in [6.07, 6.45) is 0.680. The number of carbonyl (C=O) groups excluding carboxylic acids is 1. The Labute approximate surface area is 195 Å². The smallest absolute Gasteiger partial charge is 0.325 e. The number of hydrogen-bond donors (Lipinski definition) is 1. The average Bonchev–Trinajstić information content (AvgIpc) is 2.75. The van der Waals surface area contributed by atoms with Crippen LogP contribution < -0.4 is 16.6 Å². The highest BCUT2D eigenvalue weighted by Crippen LogP contribution is 2.27. The molecule has 0 spiro atoms. The zero-order valence-electron chi connectivity index (χ0n) is 19.7. The minimum Gasteiger partial charge on any atom is -0.325 e. The maximum atomic E-state index is 13.6. The monoisotopic (exact) mass is 473 g/mol. The Morgan fingerprint density at radius 3 is 2.55 bits per heavy atom. The van der Waals surface area contributed by atoms with E-state index in [1.165, 1.54) is 23.7 Å². The molecule has 3 rings (SSSR count). The Kier molecular flexibility index (Phi) is 7.06. The quantitative estimate of drug-likeness (QED) is 0.435. The van der Waals surface area contributed by atoms with Gasteiger partial charge in [0.2, 0.25) is 5.91 Å². The van der Waals surface area contributed by atoms with Crippen LogP contribution in [0.1, 0.15) is 45.5 Å². The molecule has 0 radical (unpaired) electrons. The molecule has 3 aromatic rings. The van der Waals surface area contributed by atoms with Crippen molar-refractivity contribution in [3.8, 4) is 0 Å². The molecule has 8 nitrogen and oxygen atoms in total. The van der Waals surface area contributed by atoms with Gasteiger partial charge in [-0.1, -0.05) is 45.5 Å². The zero-order chi connectivity index (χ0) is 24.5. The Morgan fingerprint density at radius 1 is 1.21 bits per heavy atom. The Bertz CT molecular complexity index is 1340. The molecular weight excluding hydrogens is 445 g/mol. The van der Waals surface area contributed by atoms with Crippen LogP contribution in [-0.2, 0) is 23.8 Å². The lowest BCUT2D eigenvalue weighted by atomic mass is 9.96. The van der Waals surface area contributed by atoms with Gasteiger partial charge in [0.1, 0.15) is 22.1 Å². The van der Waals surface area contributed by atoms with Crippen LogP contribution in [0, 0.1) is 12.7 Å². The third kappa shape index (κ3) is 5.16. The fraction of sp³-hybridized carbons (Fsp3) is 0.435. The maximum Gasteiger partial charge on any atom is 0.332 e. The number of hydrogen-bond acceptors (Lipinski definition) is 6. The number of fused-ring (bicyclic) bond motifs is 1. The Balaban J connectivity index is 2.07. The minimum absolute atomic E-state index is 0.0539. The number of aryl methyl sites for hydroxylation is 2. The van der Waals surface area contributed by atoms with Gasteiger partial charge >= 0.3 is 5.69 Å². The summed E-state index contributed by atoms with van der Waals surface area (Å²) >= 11 is 1.09. The van der Waals surface area contributed by atoms with Crippen LogP contribution in [0.2, 0.25) is 0 Å². The first-order valence-electron chi connectivity index (χ1n) is 10.6. The second kappa shape index (κ2) is 9.46. The minimum atomic E-state index is -0.508. The molecule has 1 amide bonds. The number of aromatic nitrogens is 4. The predicted octanol–water partition coefficient (Wildman–Crippen LogP) is 3.38. The number of anilines is 1. The van der Waals surface area contributed by atoms with Gasteiger partial charge in [-0.25, -0.2) is 19.2 Å². The van der Waals surface area contributed by atoms with Crippen molar-refractivity contribution in [1.29, 1.82) is 0 Å². The molecule has 0 fully saturated rings. The summed E-state index contributed by atoms with van der Waals surface area (Å²) in [7, 11) is 1.42. The molecular formula is C23H28FN5O3S. The SMILES string of the molecule is CCCn1c(=O)n(C)c(=O)c2c(SCC(=O)Nc3cc(F)ccc3C)nc(C(C)(C)C)nc21. The molecule has 0 saturated carbocycles. The summed E-state index contributed by atoms with van der Waals surface area (Å²) < 4.78 is 16.1. The standard InChI is InChI=1S/C23H28FN5O3S/c1-7-10-29-18-17(20(31)28(6)22(29)32)19(27-21(26-18)23(3,4)5)33-12-16(30)25-15-11-14(24)9-8-13(15)2/h8-9,11H,7,10,12H2,1-6H3,(H,25,30). The van der Waals surface area contributed by atoms with Crippen LogP contribution >= 0.6 is 11.8 Å². The number of nitrogens with one attached hydrogen (secondary N) is 1. The van der Waals surface area contributed by atoms with Crippen molar-refractivity contribution in [1.82, 2.24) is 19.1 Å². The van der Waals surface area contributed by atoms with E-state index in [9.17, 15) is 18.8 Å². The van der Waals surface area contributed by atoms with E-state index in [4.69, 9.17) is 0 Å². The summed E-state index contributed by atoms with van der Waals surface area (Å²) in [5.41, 5.74) is -0.00642. The molecule has 0 bridgehead atoms. The van der Waals surface area contributed by atoms with Gasteiger partial charge in [-0.2, -0.15) is 0 Å². The molecule has 0 saturated heterocycles. The highest BCUT2D eigenvalue weighted by molar-refractivity contribution is 8.00. The number of rotatable bonds is 6. The summed E-state index contributed by atoms with van der Waals surface area (Å²) in [5.74, 6) is -0.396. The number of nitrogens with zero attached hydrogens (tertiary/aromatic N) is 4. The van der Waals surface area contributed by atoms with Gasteiger partial charge < -0.3 is 5.32 Å². The van der Waals surface area contributed by atoms with Gasteiger partial charge in [0.25, 0.3) is 5.56 Å². The summed E-state index contributed by atoms with van der Waals surface area (Å²) in [5, 5.41) is 3.24. The molecule has 0 atom stereocenters. The average molecular weight is 474 g/mol. The van der Waals surface area contributed by atoms with E-state index in [1.807, 2.05) is 27.7 Å². The molecule has 176 valence electrons. The second-order valence-electron chi connectivity index (χ2n) is 8.90. The zero-order valence-corrected chi connectivity index (χ0v) is 20.5. The normalized spacial score (nSPS) is 11.7. The molecule has 1 N–H and O–H groups in total. The van der Waals surface area contributed by atoms with Crippen LogP contribution in [0.4, 0.5) is 10.1 Å². The lowest BCUT2D eigenvalue weighted by Gasteiger charge is -2.20.